The van der Waals surface area contributed by atoms with Gasteiger partial charge in [-0.2, -0.15) is 0 Å². The van der Waals surface area contributed by atoms with E-state index in [-0.39, 0.29) is 22.8 Å². The topological polar surface area (TPSA) is 82.3 Å². The van der Waals surface area contributed by atoms with Crippen LogP contribution in [0.1, 0.15) is 68.3 Å². The van der Waals surface area contributed by atoms with Crippen LogP contribution < -0.4 is 4.72 Å². The van der Waals surface area contributed by atoms with Crippen molar-refractivity contribution in [2.45, 2.75) is 74.9 Å². The van der Waals surface area contributed by atoms with Gasteiger partial charge in [-0.15, -0.1) is 6.42 Å². The second-order valence-electron chi connectivity index (χ2n) is 9.78. The lowest BCUT2D eigenvalue weighted by Crippen LogP contribution is -2.47. The van der Waals surface area contributed by atoms with Crippen LogP contribution in [0, 0.1) is 18.2 Å². The third-order valence-electron chi connectivity index (χ3n) is 7.47. The minimum Gasteiger partial charge on any atom is -0.356 e. The molecule has 0 bridgehead atoms. The van der Waals surface area contributed by atoms with Gasteiger partial charge in [-0.1, -0.05) is 38.3 Å². The Balaban J connectivity index is 1.60. The van der Waals surface area contributed by atoms with Crippen LogP contribution in [0.3, 0.4) is 0 Å². The maximum Gasteiger partial charge on any atom is 0.299 e. The summed E-state index contributed by atoms with van der Waals surface area (Å²) in [6, 6.07) is 10.6. The Labute approximate surface area is 211 Å². The molecule has 0 saturated heterocycles. The highest BCUT2D eigenvalue weighted by Crippen LogP contribution is 2.42. The average molecular weight is 508 g/mol. The van der Waals surface area contributed by atoms with Crippen LogP contribution in [0.25, 0.3) is 10.9 Å². The molecule has 36 heavy (non-hydrogen) atoms. The van der Waals surface area contributed by atoms with Gasteiger partial charge in [-0.3, -0.25) is 4.79 Å². The minimum atomic E-state index is -3.62. The van der Waals surface area contributed by atoms with Gasteiger partial charge in [0.05, 0.1) is 10.9 Å². The number of sulfonamides is 1. The molecule has 1 aliphatic heterocycles. The van der Waals surface area contributed by atoms with Gasteiger partial charge >= 0.3 is 0 Å². The summed E-state index contributed by atoms with van der Waals surface area (Å²) >= 11 is 0. The van der Waals surface area contributed by atoms with E-state index < -0.39 is 22.0 Å². The molecule has 1 unspecified atom stereocenters. The number of hydrogen-bond acceptors (Lipinski definition) is 3. The van der Waals surface area contributed by atoms with Gasteiger partial charge < -0.3 is 9.88 Å². The normalized spacial score (nSPS) is 20.1. The van der Waals surface area contributed by atoms with Gasteiger partial charge in [-0.25, -0.2) is 17.5 Å². The first-order chi connectivity index (χ1) is 17.3. The number of carbonyl (C=O) groups excluding carboxylic acids is 1. The largest absolute Gasteiger partial charge is 0.356 e. The number of carbonyl (C=O) groups is 1. The second-order valence-corrected chi connectivity index (χ2v) is 11.5. The molecule has 2 heterocycles. The van der Waals surface area contributed by atoms with Crippen LogP contribution in [0.15, 0.2) is 47.4 Å². The van der Waals surface area contributed by atoms with Crippen LogP contribution in [0.5, 0.6) is 0 Å². The molecule has 1 amide bonds. The molecule has 1 saturated carbocycles. The first kappa shape index (κ1) is 24.5. The summed E-state index contributed by atoms with van der Waals surface area (Å²) in [7, 11) is -3.62. The molecule has 1 aromatic heterocycles. The van der Waals surface area contributed by atoms with E-state index in [4.69, 9.17) is 6.42 Å². The van der Waals surface area contributed by atoms with Gasteiger partial charge in [0.1, 0.15) is 5.82 Å². The fraction of sp³-hybridized carbons (Fsp3) is 0.393. The predicted octanol–water partition coefficient (Wildman–Crippen LogP) is 4.80. The number of halogens is 1. The number of rotatable bonds is 7. The molecule has 6 nitrogen and oxygen atoms in total. The van der Waals surface area contributed by atoms with Crippen molar-refractivity contribution in [2.24, 2.45) is 0 Å². The average Bonchev–Trinajstić information content (AvgIpc) is 3.21. The Morgan fingerprint density at radius 3 is 2.61 bits per heavy atom. The molecule has 1 fully saturated rings. The van der Waals surface area contributed by atoms with E-state index in [0.717, 1.165) is 66.2 Å². The summed E-state index contributed by atoms with van der Waals surface area (Å²) in [4.78, 5) is 18.4. The second kappa shape index (κ2) is 9.72. The number of benzene rings is 2. The number of hydrogen-bond donors (Lipinski definition) is 2. The van der Waals surface area contributed by atoms with Crippen molar-refractivity contribution < 1.29 is 17.6 Å². The highest BCUT2D eigenvalue weighted by Gasteiger charge is 2.40. The Morgan fingerprint density at radius 2 is 1.97 bits per heavy atom. The molecule has 2 atom stereocenters. The summed E-state index contributed by atoms with van der Waals surface area (Å²) in [5.74, 6) is 1.56. The van der Waals surface area contributed by atoms with Crippen molar-refractivity contribution in [1.29, 1.82) is 0 Å². The van der Waals surface area contributed by atoms with Crippen LogP contribution in [0.4, 0.5) is 4.39 Å². The van der Waals surface area contributed by atoms with E-state index in [9.17, 15) is 17.6 Å². The zero-order valence-corrected chi connectivity index (χ0v) is 21.1. The van der Waals surface area contributed by atoms with Crippen molar-refractivity contribution >= 4 is 26.8 Å². The monoisotopic (exact) mass is 507 g/mol. The van der Waals surface area contributed by atoms with Crippen LogP contribution in [0.2, 0.25) is 0 Å². The number of amides is 1. The maximum atomic E-state index is 14.2. The zero-order chi connectivity index (χ0) is 25.4. The Bertz CT molecular complexity index is 1440. The number of terminal acetylenes is 1. The van der Waals surface area contributed by atoms with E-state index in [0.29, 0.717) is 6.42 Å². The standard InChI is InChI=1S/C28H30FN3O3S/c1-3-5-9-21-17-24-23-16-19(29)12-15-25(23)30-27(24)28(32(21)26(33)4-2)18-10-13-22(14-11-18)36(34,35)31-20-7-6-8-20/h2,10-16,20-21,28,30-31H,3,5-9,17H2,1H3/t21-,28?/m0/s1. The number of unbranched alkanes of at least 4 members (excludes halogenated alkanes) is 1. The van der Waals surface area contributed by atoms with E-state index in [1.54, 1.807) is 35.2 Å². The number of aromatic nitrogens is 1. The highest BCUT2D eigenvalue weighted by molar-refractivity contribution is 7.89. The molecule has 2 aliphatic rings. The van der Waals surface area contributed by atoms with Crippen molar-refractivity contribution in [3.63, 3.8) is 0 Å². The third kappa shape index (κ3) is 4.42. The summed E-state index contributed by atoms with van der Waals surface area (Å²) in [6.45, 7) is 2.09. The van der Waals surface area contributed by atoms with E-state index in [1.165, 1.54) is 12.1 Å². The fourth-order valence-corrected chi connectivity index (χ4v) is 6.69. The number of fused-ring (bicyclic) bond motifs is 3. The Kier molecular flexibility index (Phi) is 6.62. The van der Waals surface area contributed by atoms with Gasteiger partial charge in [0.2, 0.25) is 10.0 Å². The molecule has 8 heteroatoms. The predicted molar refractivity (Wildman–Crippen MR) is 137 cm³/mol. The molecule has 0 spiro atoms. The lowest BCUT2D eigenvalue weighted by Gasteiger charge is -2.41. The molecule has 1 aliphatic carbocycles. The van der Waals surface area contributed by atoms with Gasteiger partial charge in [0.25, 0.3) is 5.91 Å². The smallest absolute Gasteiger partial charge is 0.299 e. The van der Waals surface area contributed by atoms with Crippen LogP contribution in [-0.2, 0) is 21.2 Å². The van der Waals surface area contributed by atoms with Crippen LogP contribution in [-0.4, -0.2) is 36.3 Å². The number of nitrogens with one attached hydrogen (secondary N) is 2. The lowest BCUT2D eigenvalue weighted by atomic mass is 9.86. The van der Waals surface area contributed by atoms with Gasteiger partial charge in [0.15, 0.2) is 0 Å². The highest BCUT2D eigenvalue weighted by atomic mass is 32.2. The molecule has 2 N–H and O–H groups in total. The molecule has 2 aromatic carbocycles. The number of H-pyrrole nitrogens is 1. The van der Waals surface area contributed by atoms with Crippen molar-refractivity contribution in [2.75, 3.05) is 0 Å². The summed E-state index contributed by atoms with van der Waals surface area (Å²) in [5, 5.41) is 0.799. The first-order valence-electron chi connectivity index (χ1n) is 12.5. The first-order valence-corrected chi connectivity index (χ1v) is 14.0. The molecule has 0 radical (unpaired) electrons. The molecule has 188 valence electrons. The fourth-order valence-electron chi connectivity index (χ4n) is 5.39. The molecule has 3 aromatic rings. The Hall–Kier alpha value is -3.15. The minimum absolute atomic E-state index is 0.00890. The number of aromatic amines is 1. The van der Waals surface area contributed by atoms with Gasteiger partial charge in [0, 0.05) is 28.7 Å². The van der Waals surface area contributed by atoms with E-state index in [2.05, 4.69) is 22.6 Å². The van der Waals surface area contributed by atoms with E-state index >= 15 is 0 Å². The van der Waals surface area contributed by atoms with E-state index in [1.807, 2.05) is 0 Å². The SMILES string of the molecule is C#CC(=O)N1C(c2ccc(S(=O)(=O)NC3CCC3)cc2)c2[nH]c3ccc(F)cc3c2C[C@@H]1CCCC. The quantitative estimate of drug-likeness (QED) is 0.451. The lowest BCUT2D eigenvalue weighted by molar-refractivity contribution is -0.130. The summed E-state index contributed by atoms with van der Waals surface area (Å²) in [5.41, 5.74) is 3.30. The molecular weight excluding hydrogens is 477 g/mol. The summed E-state index contributed by atoms with van der Waals surface area (Å²) < 4.78 is 42.6. The molecule has 5 rings (SSSR count). The zero-order valence-electron chi connectivity index (χ0n) is 20.3. The van der Waals surface area contributed by atoms with Gasteiger partial charge in [-0.05, 0) is 73.1 Å². The third-order valence-corrected chi connectivity index (χ3v) is 9.00. The maximum absolute atomic E-state index is 14.2. The van der Waals surface area contributed by atoms with Crippen molar-refractivity contribution in [3.8, 4) is 12.3 Å². The Morgan fingerprint density at radius 1 is 1.22 bits per heavy atom. The van der Waals surface area contributed by atoms with Crippen molar-refractivity contribution in [1.82, 2.24) is 14.6 Å². The van der Waals surface area contributed by atoms with Crippen LogP contribution >= 0.6 is 0 Å². The number of nitrogens with zero attached hydrogens (tertiary/aromatic N) is 1. The molecular formula is C28H30FN3O3S. The summed E-state index contributed by atoms with van der Waals surface area (Å²) in [6.07, 6.45) is 11.6. The van der Waals surface area contributed by atoms with Crippen molar-refractivity contribution in [3.05, 3.63) is 65.1 Å².